The Bertz CT molecular complexity index is 129. The van der Waals surface area contributed by atoms with Gasteiger partial charge in [-0.1, -0.05) is 11.8 Å². The molecule has 0 nitrogen and oxygen atoms in total. The minimum atomic E-state index is -5.49. The molecule has 0 saturated heterocycles. The predicted molar refractivity (Wildman–Crippen MR) is 29.4 cm³/mol. The van der Waals surface area contributed by atoms with E-state index < -0.39 is 29.4 Å². The highest BCUT2D eigenvalue weighted by molar-refractivity contribution is 7.99. The summed E-state index contributed by atoms with van der Waals surface area (Å²) in [7, 11) is 0. The van der Waals surface area contributed by atoms with Gasteiger partial charge in [0.2, 0.25) is 0 Å². The first-order valence-corrected chi connectivity index (χ1v) is 3.58. The second kappa shape index (κ2) is 3.12. The molecular weight excluding hydrogens is 194 g/mol. The van der Waals surface area contributed by atoms with Crippen LogP contribution in [-0.2, 0) is 0 Å². The molecule has 0 aromatic carbocycles. The third-order valence-electron chi connectivity index (χ3n) is 0.855. The van der Waals surface area contributed by atoms with Crippen molar-refractivity contribution >= 4 is 11.8 Å². The lowest BCUT2D eigenvalue weighted by Crippen LogP contribution is -2.38. The van der Waals surface area contributed by atoms with Gasteiger partial charge in [-0.3, -0.25) is 0 Å². The molecule has 0 aromatic rings. The molecular formula is C4H4F6S. The quantitative estimate of drug-likeness (QED) is 0.615. The van der Waals surface area contributed by atoms with Crippen molar-refractivity contribution in [2.75, 3.05) is 6.26 Å². The van der Waals surface area contributed by atoms with Crippen molar-refractivity contribution in [2.24, 2.45) is 0 Å². The smallest absolute Gasteiger partial charge is 0.230 e. The van der Waals surface area contributed by atoms with Gasteiger partial charge in [0.1, 0.15) is 0 Å². The first-order valence-electron chi connectivity index (χ1n) is 2.35. The summed E-state index contributed by atoms with van der Waals surface area (Å²) in [5, 5.41) is -4.39. The normalized spacial score (nSPS) is 16.6. The molecule has 68 valence electrons. The van der Waals surface area contributed by atoms with Gasteiger partial charge in [-0.15, -0.1) is 0 Å². The van der Waals surface area contributed by atoms with E-state index in [2.05, 4.69) is 0 Å². The maximum absolute atomic E-state index is 11.9. The fourth-order valence-corrected chi connectivity index (χ4v) is 0.635. The summed E-state index contributed by atoms with van der Waals surface area (Å²) < 4.78 is 69.4. The van der Waals surface area contributed by atoms with Gasteiger partial charge in [-0.2, -0.15) is 22.0 Å². The van der Waals surface area contributed by atoms with Crippen LogP contribution >= 0.6 is 11.8 Å². The second-order valence-electron chi connectivity index (χ2n) is 1.67. The van der Waals surface area contributed by atoms with Crippen LogP contribution in [-0.4, -0.2) is 23.9 Å². The monoisotopic (exact) mass is 198 g/mol. The zero-order valence-corrected chi connectivity index (χ0v) is 6.07. The van der Waals surface area contributed by atoms with Crippen molar-refractivity contribution in [2.45, 2.75) is 17.6 Å². The number of alkyl halides is 6. The van der Waals surface area contributed by atoms with E-state index >= 15 is 0 Å². The Morgan fingerprint density at radius 3 is 1.55 bits per heavy atom. The fraction of sp³-hybridized carbons (Fsp3) is 1.00. The summed E-state index contributed by atoms with van der Waals surface area (Å²) in [4.78, 5) is 0. The molecule has 0 aliphatic carbocycles. The molecule has 1 unspecified atom stereocenters. The third kappa shape index (κ3) is 2.80. The molecule has 1 atom stereocenters. The third-order valence-corrected chi connectivity index (χ3v) is 1.61. The van der Waals surface area contributed by atoms with Gasteiger partial charge in [-0.25, -0.2) is 4.39 Å². The van der Waals surface area contributed by atoms with Gasteiger partial charge >= 0.3 is 11.4 Å². The summed E-state index contributed by atoms with van der Waals surface area (Å²) in [6.07, 6.45) is -8.88. The van der Waals surface area contributed by atoms with Gasteiger partial charge in [0.25, 0.3) is 6.17 Å². The predicted octanol–water partition coefficient (Wildman–Crippen LogP) is 2.84. The average molecular weight is 198 g/mol. The molecule has 0 aromatic heterocycles. The zero-order chi connectivity index (χ0) is 9.28. The summed E-state index contributed by atoms with van der Waals surface area (Å²) in [6.45, 7) is 0. The van der Waals surface area contributed by atoms with E-state index in [4.69, 9.17) is 0 Å². The molecule has 7 heteroatoms. The molecule has 0 heterocycles. The molecule has 0 aliphatic rings. The van der Waals surface area contributed by atoms with Crippen molar-refractivity contribution in [1.29, 1.82) is 0 Å². The SMILES string of the molecule is CSC(F)(F)C(F)C(F)(F)F. The van der Waals surface area contributed by atoms with Crippen LogP contribution < -0.4 is 0 Å². The Morgan fingerprint density at radius 2 is 1.45 bits per heavy atom. The Morgan fingerprint density at radius 1 is 1.09 bits per heavy atom. The summed E-state index contributed by atoms with van der Waals surface area (Å²) in [5.41, 5.74) is 0. The van der Waals surface area contributed by atoms with Crippen molar-refractivity contribution in [3.05, 3.63) is 0 Å². The molecule has 0 saturated carbocycles. The van der Waals surface area contributed by atoms with Crippen LogP contribution in [0.15, 0.2) is 0 Å². The number of halogens is 6. The van der Waals surface area contributed by atoms with E-state index in [0.29, 0.717) is 6.26 Å². The van der Waals surface area contributed by atoms with E-state index in [1.807, 2.05) is 0 Å². The van der Waals surface area contributed by atoms with Crippen LogP contribution in [0.2, 0.25) is 0 Å². The first-order chi connectivity index (χ1) is 4.72. The minimum Gasteiger partial charge on any atom is -0.230 e. The Hall–Kier alpha value is -0.0700. The van der Waals surface area contributed by atoms with Gasteiger partial charge in [0.05, 0.1) is 0 Å². The van der Waals surface area contributed by atoms with Crippen LogP contribution in [0.5, 0.6) is 0 Å². The lowest BCUT2D eigenvalue weighted by atomic mass is 10.4. The molecule has 0 N–H and O–H groups in total. The molecule has 0 radical (unpaired) electrons. The standard InChI is InChI=1S/C4H4F6S/c1-11-4(9,10)2(5)3(6,7)8/h2H,1H3. The van der Waals surface area contributed by atoms with E-state index in [-0.39, 0.29) is 0 Å². The van der Waals surface area contributed by atoms with E-state index in [9.17, 15) is 26.3 Å². The second-order valence-corrected chi connectivity index (χ2v) is 2.62. The van der Waals surface area contributed by atoms with Crippen LogP contribution in [0, 0.1) is 0 Å². The van der Waals surface area contributed by atoms with E-state index in [1.165, 1.54) is 0 Å². The molecule has 0 spiro atoms. The number of rotatable bonds is 2. The van der Waals surface area contributed by atoms with Crippen LogP contribution in [0.25, 0.3) is 0 Å². The Balaban J connectivity index is 4.35. The minimum absolute atomic E-state index is 0.466. The summed E-state index contributed by atoms with van der Waals surface area (Å²) in [6, 6.07) is 0. The first kappa shape index (κ1) is 10.9. The topological polar surface area (TPSA) is 0 Å². The van der Waals surface area contributed by atoms with Crippen LogP contribution in [0.1, 0.15) is 0 Å². The molecule has 0 rings (SSSR count). The highest BCUT2D eigenvalue weighted by Crippen LogP contribution is 2.40. The molecule has 0 amide bonds. The molecule has 0 fully saturated rings. The Labute approximate surface area is 63.0 Å². The average Bonchev–Trinajstić information content (AvgIpc) is 1.84. The maximum atomic E-state index is 11.9. The highest BCUT2D eigenvalue weighted by Gasteiger charge is 2.56. The van der Waals surface area contributed by atoms with E-state index in [1.54, 1.807) is 0 Å². The number of thioether (sulfide) groups is 1. The largest absolute Gasteiger partial charge is 0.426 e. The highest BCUT2D eigenvalue weighted by atomic mass is 32.2. The van der Waals surface area contributed by atoms with Crippen LogP contribution in [0.4, 0.5) is 26.3 Å². The van der Waals surface area contributed by atoms with E-state index in [0.717, 1.165) is 0 Å². The van der Waals surface area contributed by atoms with Gasteiger partial charge in [0, 0.05) is 0 Å². The Kier molecular flexibility index (Phi) is 3.10. The van der Waals surface area contributed by atoms with Crippen molar-refractivity contribution < 1.29 is 26.3 Å². The van der Waals surface area contributed by atoms with Gasteiger partial charge in [0.15, 0.2) is 0 Å². The van der Waals surface area contributed by atoms with Crippen molar-refractivity contribution in [3.8, 4) is 0 Å². The summed E-state index contributed by atoms with van der Waals surface area (Å²) in [5.74, 6) is 0. The maximum Gasteiger partial charge on any atom is 0.426 e. The zero-order valence-electron chi connectivity index (χ0n) is 5.25. The molecule has 0 aliphatic heterocycles. The van der Waals surface area contributed by atoms with Gasteiger partial charge in [-0.05, 0) is 6.26 Å². The fourth-order valence-electron chi connectivity index (χ4n) is 0.294. The number of hydrogen-bond donors (Lipinski definition) is 0. The summed E-state index contributed by atoms with van der Waals surface area (Å²) >= 11 is -0.466. The van der Waals surface area contributed by atoms with Crippen molar-refractivity contribution in [3.63, 3.8) is 0 Å². The lowest BCUT2D eigenvalue weighted by Gasteiger charge is -2.19. The van der Waals surface area contributed by atoms with Crippen LogP contribution in [0.3, 0.4) is 0 Å². The molecule has 11 heavy (non-hydrogen) atoms. The molecule has 0 bridgehead atoms. The lowest BCUT2D eigenvalue weighted by molar-refractivity contribution is -0.219. The number of hydrogen-bond acceptors (Lipinski definition) is 1. The van der Waals surface area contributed by atoms with Crippen molar-refractivity contribution in [1.82, 2.24) is 0 Å². The van der Waals surface area contributed by atoms with Gasteiger partial charge < -0.3 is 0 Å².